The van der Waals surface area contributed by atoms with E-state index in [4.69, 9.17) is 29.7 Å². The van der Waals surface area contributed by atoms with Crippen molar-refractivity contribution in [3.63, 3.8) is 0 Å². The van der Waals surface area contributed by atoms with E-state index in [0.717, 1.165) is 37.1 Å². The second-order valence-electron chi connectivity index (χ2n) is 6.58. The van der Waals surface area contributed by atoms with Crippen LogP contribution in [-0.4, -0.2) is 9.97 Å². The highest BCUT2D eigenvalue weighted by molar-refractivity contribution is 9.10. The van der Waals surface area contributed by atoms with Gasteiger partial charge >= 0.3 is 0 Å². The van der Waals surface area contributed by atoms with Crippen molar-refractivity contribution >= 4 is 71.5 Å². The Bertz CT molecular complexity index is 1440. The second kappa shape index (κ2) is 6.60. The molecule has 0 atom stereocenters. The van der Waals surface area contributed by atoms with E-state index in [0.29, 0.717) is 27.8 Å². The number of H-pyrrole nitrogens is 1. The van der Waals surface area contributed by atoms with Crippen molar-refractivity contribution in [2.24, 2.45) is 0 Å². The standard InChI is InChI=1S/C23H10BrClN4/c1-26-18-4-3-5-19(27-2)20(18)23-28-21-14-8-6-12(24)10-16(14)17-11-13(25)7-9-15(17)22(21)29-23/h3-11H,(H,28,29). The first-order valence-electron chi connectivity index (χ1n) is 8.69. The number of aromatic nitrogens is 2. The Morgan fingerprint density at radius 1 is 0.862 bits per heavy atom. The number of aromatic amines is 1. The summed E-state index contributed by atoms with van der Waals surface area (Å²) in [4.78, 5) is 15.4. The molecule has 29 heavy (non-hydrogen) atoms. The van der Waals surface area contributed by atoms with E-state index < -0.39 is 0 Å². The molecule has 5 rings (SSSR count). The maximum atomic E-state index is 7.51. The molecule has 1 heterocycles. The molecule has 4 nitrogen and oxygen atoms in total. The normalized spacial score (nSPS) is 11.0. The number of nitrogens with zero attached hydrogens (tertiary/aromatic N) is 3. The summed E-state index contributed by atoms with van der Waals surface area (Å²) in [6.07, 6.45) is 0. The van der Waals surface area contributed by atoms with Gasteiger partial charge in [0.1, 0.15) is 5.82 Å². The van der Waals surface area contributed by atoms with Crippen molar-refractivity contribution in [3.8, 4) is 11.4 Å². The average Bonchev–Trinajstić information content (AvgIpc) is 3.18. The van der Waals surface area contributed by atoms with Crippen molar-refractivity contribution in [2.45, 2.75) is 0 Å². The molecule has 0 aliphatic heterocycles. The lowest BCUT2D eigenvalue weighted by atomic mass is 10.00. The summed E-state index contributed by atoms with van der Waals surface area (Å²) < 4.78 is 0.968. The number of fused-ring (bicyclic) bond motifs is 6. The fourth-order valence-corrected chi connectivity index (χ4v) is 4.28. The Morgan fingerprint density at radius 3 is 2.28 bits per heavy atom. The summed E-state index contributed by atoms with van der Waals surface area (Å²) in [6, 6.07) is 17.0. The number of benzene rings is 4. The van der Waals surface area contributed by atoms with Crippen LogP contribution in [0.3, 0.4) is 0 Å². The Balaban J connectivity index is 1.98. The van der Waals surface area contributed by atoms with Crippen LogP contribution in [0, 0.1) is 13.1 Å². The van der Waals surface area contributed by atoms with Crippen LogP contribution >= 0.6 is 27.5 Å². The van der Waals surface area contributed by atoms with Gasteiger partial charge in [-0.15, -0.1) is 0 Å². The fourth-order valence-electron chi connectivity index (χ4n) is 3.74. The molecule has 0 saturated carbocycles. The highest BCUT2D eigenvalue weighted by Crippen LogP contribution is 2.41. The quantitative estimate of drug-likeness (QED) is 0.201. The van der Waals surface area contributed by atoms with Gasteiger partial charge in [0.15, 0.2) is 11.4 Å². The van der Waals surface area contributed by atoms with E-state index in [1.165, 1.54) is 0 Å². The van der Waals surface area contributed by atoms with Crippen molar-refractivity contribution in [3.05, 3.63) is 86.9 Å². The Kier molecular flexibility index (Phi) is 4.03. The lowest BCUT2D eigenvalue weighted by Gasteiger charge is -2.07. The Hall–Kier alpha value is -3.38. The van der Waals surface area contributed by atoms with E-state index in [2.05, 4.69) is 36.7 Å². The molecule has 6 heteroatoms. The van der Waals surface area contributed by atoms with E-state index in [1.54, 1.807) is 18.2 Å². The molecule has 0 unspecified atom stereocenters. The van der Waals surface area contributed by atoms with Crippen LogP contribution in [0.5, 0.6) is 0 Å². The number of hydrogen-bond donors (Lipinski definition) is 1. The summed E-state index contributed by atoms with van der Waals surface area (Å²) in [6.45, 7) is 15.0. The van der Waals surface area contributed by atoms with Crippen LogP contribution in [0.15, 0.2) is 59.1 Å². The second-order valence-corrected chi connectivity index (χ2v) is 7.94. The summed E-state index contributed by atoms with van der Waals surface area (Å²) in [5, 5.41) is 4.67. The minimum atomic E-state index is 0.400. The van der Waals surface area contributed by atoms with Crippen LogP contribution in [0.1, 0.15) is 0 Å². The topological polar surface area (TPSA) is 37.4 Å². The van der Waals surface area contributed by atoms with Gasteiger partial charge in [-0.05, 0) is 35.0 Å². The van der Waals surface area contributed by atoms with E-state index in [-0.39, 0.29) is 0 Å². The molecule has 0 aliphatic rings. The summed E-state index contributed by atoms with van der Waals surface area (Å²) in [7, 11) is 0. The first-order chi connectivity index (χ1) is 14.1. The molecule has 136 valence electrons. The number of hydrogen-bond acceptors (Lipinski definition) is 1. The summed E-state index contributed by atoms with van der Waals surface area (Å²) >= 11 is 9.84. The van der Waals surface area contributed by atoms with Gasteiger partial charge in [-0.25, -0.2) is 14.7 Å². The zero-order valence-electron chi connectivity index (χ0n) is 14.8. The molecule has 0 amide bonds. The molecular formula is C23H10BrClN4. The van der Waals surface area contributed by atoms with Crippen molar-refractivity contribution in [1.82, 2.24) is 9.97 Å². The Morgan fingerprint density at radius 2 is 1.55 bits per heavy atom. The smallest absolute Gasteiger partial charge is 0.187 e. The predicted octanol–water partition coefficient (Wildman–Crippen LogP) is 8.05. The monoisotopic (exact) mass is 456 g/mol. The van der Waals surface area contributed by atoms with E-state index >= 15 is 0 Å². The average molecular weight is 458 g/mol. The van der Waals surface area contributed by atoms with Crippen LogP contribution < -0.4 is 0 Å². The molecular weight excluding hydrogens is 448 g/mol. The van der Waals surface area contributed by atoms with Crippen LogP contribution in [0.2, 0.25) is 5.02 Å². The third-order valence-electron chi connectivity index (χ3n) is 4.98. The van der Waals surface area contributed by atoms with E-state index in [1.807, 2.05) is 30.3 Å². The summed E-state index contributed by atoms with van der Waals surface area (Å²) in [5.74, 6) is 0.518. The maximum absolute atomic E-state index is 7.51. The number of halogens is 2. The lowest BCUT2D eigenvalue weighted by molar-refractivity contribution is 1.35. The van der Waals surface area contributed by atoms with Crippen LogP contribution in [-0.2, 0) is 0 Å². The van der Waals surface area contributed by atoms with Gasteiger partial charge < -0.3 is 4.98 Å². The molecule has 0 fully saturated rings. The van der Waals surface area contributed by atoms with Gasteiger partial charge in [0.2, 0.25) is 0 Å². The van der Waals surface area contributed by atoms with Gasteiger partial charge in [0.05, 0.1) is 24.2 Å². The van der Waals surface area contributed by atoms with Gasteiger partial charge in [0, 0.05) is 25.8 Å². The first kappa shape index (κ1) is 17.7. The fraction of sp³-hybridized carbons (Fsp3) is 0. The molecule has 0 saturated heterocycles. The van der Waals surface area contributed by atoms with Crippen LogP contribution in [0.25, 0.3) is 53.7 Å². The van der Waals surface area contributed by atoms with Gasteiger partial charge in [-0.3, -0.25) is 0 Å². The molecule has 0 spiro atoms. The maximum Gasteiger partial charge on any atom is 0.187 e. The van der Waals surface area contributed by atoms with Crippen molar-refractivity contribution < 1.29 is 0 Å². The van der Waals surface area contributed by atoms with Gasteiger partial charge in [-0.1, -0.05) is 57.9 Å². The third-order valence-corrected chi connectivity index (χ3v) is 5.71. The largest absolute Gasteiger partial charge is 0.340 e. The van der Waals surface area contributed by atoms with E-state index in [9.17, 15) is 0 Å². The summed E-state index contributed by atoms with van der Waals surface area (Å²) in [5.41, 5.74) is 2.99. The SMILES string of the molecule is [C-]#[N+]c1cccc([N+]#[C-])c1-c1nc2c3ccc(Br)cc3c3cc(Cl)ccc3c2[nH]1. The predicted molar refractivity (Wildman–Crippen MR) is 122 cm³/mol. The molecule has 1 N–H and O–H groups in total. The minimum absolute atomic E-state index is 0.400. The molecule has 4 aromatic carbocycles. The molecule has 1 aromatic heterocycles. The zero-order chi connectivity index (χ0) is 20.1. The van der Waals surface area contributed by atoms with Gasteiger partial charge in [-0.2, -0.15) is 0 Å². The molecule has 0 aliphatic carbocycles. The molecule has 0 bridgehead atoms. The molecule has 0 radical (unpaired) electrons. The number of imidazole rings is 1. The number of rotatable bonds is 1. The van der Waals surface area contributed by atoms with Crippen molar-refractivity contribution in [1.29, 1.82) is 0 Å². The highest BCUT2D eigenvalue weighted by Gasteiger charge is 2.18. The first-order valence-corrected chi connectivity index (χ1v) is 9.86. The van der Waals surface area contributed by atoms with Crippen molar-refractivity contribution in [2.75, 3.05) is 0 Å². The minimum Gasteiger partial charge on any atom is -0.340 e. The molecule has 5 aromatic rings. The van der Waals surface area contributed by atoms with Gasteiger partial charge in [0.25, 0.3) is 0 Å². The zero-order valence-corrected chi connectivity index (χ0v) is 17.1. The number of nitrogens with one attached hydrogen (secondary N) is 1. The highest BCUT2D eigenvalue weighted by atomic mass is 79.9. The third kappa shape index (κ3) is 2.68. The van der Waals surface area contributed by atoms with Crippen LogP contribution in [0.4, 0.5) is 11.4 Å². The lowest BCUT2D eigenvalue weighted by Crippen LogP contribution is -1.82. The Labute approximate surface area is 179 Å².